The number of pyridine rings is 1. The number of nitrogen functional groups attached to an aromatic ring is 1. The minimum absolute atomic E-state index is 0.111. The van der Waals surface area contributed by atoms with Crippen LogP contribution in [0.2, 0.25) is 0 Å². The zero-order valence-electron chi connectivity index (χ0n) is 12.6. The number of ether oxygens (including phenoxy) is 2. The molecule has 22 heavy (non-hydrogen) atoms. The summed E-state index contributed by atoms with van der Waals surface area (Å²) in [6.07, 6.45) is 0.245. The molecule has 0 atom stereocenters. The van der Waals surface area contributed by atoms with Gasteiger partial charge in [0, 0.05) is 23.7 Å². The maximum Gasteiger partial charge on any atom is 0.313 e. The van der Waals surface area contributed by atoms with Crippen molar-refractivity contribution in [1.29, 1.82) is 0 Å². The van der Waals surface area contributed by atoms with E-state index in [1.54, 1.807) is 32.2 Å². The van der Waals surface area contributed by atoms with Gasteiger partial charge in [-0.25, -0.2) is 0 Å². The molecule has 7 nitrogen and oxygen atoms in total. The van der Waals surface area contributed by atoms with Crippen LogP contribution in [0.25, 0.3) is 0 Å². The fourth-order valence-electron chi connectivity index (χ4n) is 2.27. The third kappa shape index (κ3) is 3.08. The van der Waals surface area contributed by atoms with E-state index in [0.717, 1.165) is 5.56 Å². The van der Waals surface area contributed by atoms with Crippen LogP contribution in [0.1, 0.15) is 17.0 Å². The first kappa shape index (κ1) is 15.6. The Bertz CT molecular complexity index is 716. The van der Waals surface area contributed by atoms with Crippen LogP contribution in [-0.4, -0.2) is 24.1 Å². The lowest BCUT2D eigenvalue weighted by atomic mass is 10.1. The van der Waals surface area contributed by atoms with Gasteiger partial charge in [0.05, 0.1) is 19.1 Å². The Morgan fingerprint density at radius 1 is 1.27 bits per heavy atom. The van der Waals surface area contributed by atoms with Crippen LogP contribution in [0, 0.1) is 17.0 Å². The maximum atomic E-state index is 11.2. The summed E-state index contributed by atoms with van der Waals surface area (Å²) in [7, 11) is 3.09. The van der Waals surface area contributed by atoms with E-state index in [1.165, 1.54) is 13.2 Å². The average Bonchev–Trinajstić information content (AvgIpc) is 2.46. The van der Waals surface area contributed by atoms with Gasteiger partial charge in [-0.3, -0.25) is 15.1 Å². The van der Waals surface area contributed by atoms with Gasteiger partial charge in [0.1, 0.15) is 22.9 Å². The highest BCUT2D eigenvalue weighted by atomic mass is 16.6. The lowest BCUT2D eigenvalue weighted by molar-refractivity contribution is -0.384. The first-order chi connectivity index (χ1) is 10.5. The molecule has 2 N–H and O–H groups in total. The number of nitro groups is 1. The van der Waals surface area contributed by atoms with Crippen molar-refractivity contribution in [2.75, 3.05) is 20.0 Å². The van der Waals surface area contributed by atoms with E-state index in [9.17, 15) is 10.1 Å². The molecule has 1 heterocycles. The van der Waals surface area contributed by atoms with Gasteiger partial charge in [-0.2, -0.15) is 0 Å². The van der Waals surface area contributed by atoms with Gasteiger partial charge < -0.3 is 15.2 Å². The monoisotopic (exact) mass is 303 g/mol. The van der Waals surface area contributed by atoms with Crippen molar-refractivity contribution < 1.29 is 14.4 Å². The molecule has 0 saturated carbocycles. The van der Waals surface area contributed by atoms with Gasteiger partial charge in [0.25, 0.3) is 0 Å². The molecule has 0 bridgehead atoms. The van der Waals surface area contributed by atoms with Gasteiger partial charge >= 0.3 is 5.69 Å². The van der Waals surface area contributed by atoms with Crippen LogP contribution in [-0.2, 0) is 6.42 Å². The van der Waals surface area contributed by atoms with Gasteiger partial charge in [0.2, 0.25) is 0 Å². The second-order valence-electron chi connectivity index (χ2n) is 4.76. The molecule has 1 aromatic heterocycles. The van der Waals surface area contributed by atoms with Gasteiger partial charge in [0.15, 0.2) is 0 Å². The number of methoxy groups -OCH3 is 2. The Kier molecular flexibility index (Phi) is 4.45. The minimum Gasteiger partial charge on any atom is -0.497 e. The molecule has 0 spiro atoms. The topological polar surface area (TPSA) is 101 Å². The molecule has 0 amide bonds. The number of anilines is 1. The summed E-state index contributed by atoms with van der Waals surface area (Å²) in [5, 5.41) is 11.2. The van der Waals surface area contributed by atoms with Crippen molar-refractivity contribution in [3.05, 3.63) is 51.3 Å². The molecular formula is C15H17N3O4. The van der Waals surface area contributed by atoms with Crippen molar-refractivity contribution in [3.63, 3.8) is 0 Å². The van der Waals surface area contributed by atoms with Gasteiger partial charge in [-0.1, -0.05) is 6.07 Å². The zero-order chi connectivity index (χ0) is 16.3. The molecule has 0 aliphatic rings. The lowest BCUT2D eigenvalue weighted by Gasteiger charge is -2.11. The summed E-state index contributed by atoms with van der Waals surface area (Å²) in [5.41, 5.74) is 7.42. The summed E-state index contributed by atoms with van der Waals surface area (Å²) < 4.78 is 10.5. The third-order valence-corrected chi connectivity index (χ3v) is 3.26. The van der Waals surface area contributed by atoms with E-state index in [1.807, 2.05) is 0 Å². The average molecular weight is 303 g/mol. The van der Waals surface area contributed by atoms with Crippen LogP contribution in [0.5, 0.6) is 11.5 Å². The molecule has 0 aliphatic heterocycles. The second kappa shape index (κ2) is 6.30. The number of rotatable bonds is 5. The second-order valence-corrected chi connectivity index (χ2v) is 4.76. The largest absolute Gasteiger partial charge is 0.497 e. The Labute approximate surface area is 127 Å². The number of nitrogens with zero attached hydrogens (tertiary/aromatic N) is 2. The molecular weight excluding hydrogens is 286 g/mol. The molecule has 116 valence electrons. The molecule has 2 rings (SSSR count). The van der Waals surface area contributed by atoms with Crippen LogP contribution >= 0.6 is 0 Å². The van der Waals surface area contributed by atoms with E-state index < -0.39 is 4.92 Å². The van der Waals surface area contributed by atoms with E-state index in [2.05, 4.69) is 4.98 Å². The maximum absolute atomic E-state index is 11.2. The Hall–Kier alpha value is -2.83. The van der Waals surface area contributed by atoms with E-state index in [-0.39, 0.29) is 17.8 Å². The van der Waals surface area contributed by atoms with E-state index in [0.29, 0.717) is 22.9 Å². The van der Waals surface area contributed by atoms with Crippen molar-refractivity contribution in [2.45, 2.75) is 13.3 Å². The fourth-order valence-corrected chi connectivity index (χ4v) is 2.27. The smallest absolute Gasteiger partial charge is 0.313 e. The molecule has 0 aliphatic carbocycles. The highest BCUT2D eigenvalue weighted by Gasteiger charge is 2.21. The Morgan fingerprint density at radius 2 is 2.00 bits per heavy atom. The number of hydrogen-bond donors (Lipinski definition) is 1. The number of aromatic nitrogens is 1. The number of benzene rings is 1. The van der Waals surface area contributed by atoms with Crippen molar-refractivity contribution in [3.8, 4) is 11.5 Å². The number of hydrogen-bond acceptors (Lipinski definition) is 6. The lowest BCUT2D eigenvalue weighted by Crippen LogP contribution is -2.06. The normalized spacial score (nSPS) is 10.3. The Balaban J connectivity index is 2.49. The first-order valence-corrected chi connectivity index (χ1v) is 6.57. The Morgan fingerprint density at radius 3 is 2.59 bits per heavy atom. The van der Waals surface area contributed by atoms with Crippen LogP contribution in [0.15, 0.2) is 24.3 Å². The summed E-state index contributed by atoms with van der Waals surface area (Å²) in [5.74, 6) is 1.22. The SMILES string of the molecule is COc1ccc(Cc2nc(C)cc(N)c2[N+](=O)[O-])c(OC)c1. The molecule has 0 radical (unpaired) electrons. The first-order valence-electron chi connectivity index (χ1n) is 6.57. The van der Waals surface area contributed by atoms with Crippen LogP contribution < -0.4 is 15.2 Å². The summed E-state index contributed by atoms with van der Waals surface area (Å²) in [4.78, 5) is 15.0. The molecule has 2 aromatic rings. The predicted octanol–water partition coefficient (Wildman–Crippen LogP) is 2.49. The van der Waals surface area contributed by atoms with E-state index in [4.69, 9.17) is 15.2 Å². The molecule has 7 heteroatoms. The quantitative estimate of drug-likeness (QED) is 0.672. The third-order valence-electron chi connectivity index (χ3n) is 3.26. The molecule has 0 unspecified atom stereocenters. The van der Waals surface area contributed by atoms with Crippen molar-refractivity contribution >= 4 is 11.4 Å². The van der Waals surface area contributed by atoms with Gasteiger partial charge in [-0.05, 0) is 19.1 Å². The van der Waals surface area contributed by atoms with Gasteiger partial charge in [-0.15, -0.1) is 0 Å². The molecule has 0 saturated heterocycles. The van der Waals surface area contributed by atoms with Crippen molar-refractivity contribution in [2.24, 2.45) is 0 Å². The molecule has 0 fully saturated rings. The van der Waals surface area contributed by atoms with Crippen molar-refractivity contribution in [1.82, 2.24) is 4.98 Å². The van der Waals surface area contributed by atoms with E-state index >= 15 is 0 Å². The summed E-state index contributed by atoms with van der Waals surface area (Å²) >= 11 is 0. The predicted molar refractivity (Wildman–Crippen MR) is 82.4 cm³/mol. The van der Waals surface area contributed by atoms with Crippen LogP contribution in [0.3, 0.4) is 0 Å². The van der Waals surface area contributed by atoms with Crippen LogP contribution in [0.4, 0.5) is 11.4 Å². The standard InChI is InChI=1S/C15H17N3O4/c1-9-6-12(16)15(18(19)20)13(17-9)7-10-4-5-11(21-2)8-14(10)22-3/h4-6,8H,7H2,1-3H3,(H2,16,17). The highest BCUT2D eigenvalue weighted by molar-refractivity contribution is 5.62. The summed E-state index contributed by atoms with van der Waals surface area (Å²) in [6.45, 7) is 1.74. The highest BCUT2D eigenvalue weighted by Crippen LogP contribution is 2.31. The number of nitrogens with two attached hydrogens (primary N) is 1. The minimum atomic E-state index is -0.507. The fraction of sp³-hybridized carbons (Fsp3) is 0.267. The number of aryl methyl sites for hydroxylation is 1. The zero-order valence-corrected chi connectivity index (χ0v) is 12.6. The molecule has 1 aromatic carbocycles. The summed E-state index contributed by atoms with van der Waals surface area (Å²) in [6, 6.07) is 6.78.